The van der Waals surface area contributed by atoms with Gasteiger partial charge in [0.2, 0.25) is 10.0 Å². The number of hydrogen-bond donors (Lipinski definition) is 1. The monoisotopic (exact) mass is 438 g/mol. The average molecular weight is 439 g/mol. The summed E-state index contributed by atoms with van der Waals surface area (Å²) in [5.74, 6) is 0.797. The highest BCUT2D eigenvalue weighted by molar-refractivity contribution is 7.92. The van der Waals surface area contributed by atoms with E-state index in [1.54, 1.807) is 13.2 Å². The Morgan fingerprint density at radius 1 is 1.17 bits per heavy atom. The number of rotatable bonds is 8. The fourth-order valence-corrected chi connectivity index (χ4v) is 3.65. The molecule has 2 rings (SSSR count). The Morgan fingerprint density at radius 3 is 2.28 bits per heavy atom. The molecule has 2 aromatic carbocycles. The van der Waals surface area contributed by atoms with Crippen molar-refractivity contribution in [1.82, 2.24) is 5.32 Å². The molecule has 0 unspecified atom stereocenters. The summed E-state index contributed by atoms with van der Waals surface area (Å²) in [6.45, 7) is 4.18. The van der Waals surface area contributed by atoms with Crippen molar-refractivity contribution in [3.05, 3.63) is 58.6 Å². The normalized spacial score (nSPS) is 12.5. The maximum absolute atomic E-state index is 12.9. The highest BCUT2D eigenvalue weighted by Crippen LogP contribution is 2.27. The number of nitrogens with one attached hydrogen (secondary N) is 1. The first-order valence-corrected chi connectivity index (χ1v) is 11.4. The molecule has 1 atom stereocenters. The number of amides is 1. The first kappa shape index (κ1) is 23.0. The highest BCUT2D eigenvalue weighted by Gasteiger charge is 2.20. The maximum atomic E-state index is 12.9. The number of anilines is 1. The van der Waals surface area contributed by atoms with Crippen LogP contribution in [0, 0.1) is 5.92 Å². The molecule has 0 spiro atoms. The largest absolute Gasteiger partial charge is 0.497 e. The van der Waals surface area contributed by atoms with Crippen molar-refractivity contribution < 1.29 is 17.9 Å². The summed E-state index contributed by atoms with van der Waals surface area (Å²) in [4.78, 5) is 12.9. The van der Waals surface area contributed by atoms with Crippen molar-refractivity contribution in [3.63, 3.8) is 0 Å². The summed E-state index contributed by atoms with van der Waals surface area (Å²) < 4.78 is 29.7. The van der Waals surface area contributed by atoms with Crippen LogP contribution in [0.2, 0.25) is 5.02 Å². The van der Waals surface area contributed by atoms with Gasteiger partial charge in [-0.2, -0.15) is 0 Å². The van der Waals surface area contributed by atoms with Gasteiger partial charge >= 0.3 is 0 Å². The Bertz CT molecular complexity index is 959. The number of halogens is 1. The molecule has 6 nitrogen and oxygen atoms in total. The van der Waals surface area contributed by atoms with Crippen LogP contribution in [0.25, 0.3) is 0 Å². The molecule has 0 saturated heterocycles. The van der Waals surface area contributed by atoms with E-state index in [1.807, 2.05) is 24.3 Å². The maximum Gasteiger partial charge on any atom is 0.253 e. The van der Waals surface area contributed by atoms with Gasteiger partial charge < -0.3 is 10.1 Å². The van der Waals surface area contributed by atoms with E-state index in [0.29, 0.717) is 17.2 Å². The van der Waals surface area contributed by atoms with Gasteiger partial charge in [-0.15, -0.1) is 0 Å². The Kier molecular flexibility index (Phi) is 7.54. The quantitative estimate of drug-likeness (QED) is 0.668. The van der Waals surface area contributed by atoms with Crippen molar-refractivity contribution in [1.29, 1.82) is 0 Å². The van der Waals surface area contributed by atoms with Gasteiger partial charge in [-0.3, -0.25) is 9.10 Å². The molecule has 2 aromatic rings. The molecule has 1 N–H and O–H groups in total. The summed E-state index contributed by atoms with van der Waals surface area (Å²) in [5, 5.41) is 3.23. The molecule has 0 saturated carbocycles. The van der Waals surface area contributed by atoms with Gasteiger partial charge in [0.05, 0.1) is 35.7 Å². The summed E-state index contributed by atoms with van der Waals surface area (Å²) in [6.07, 6.45) is 1.86. The van der Waals surface area contributed by atoms with E-state index in [0.717, 1.165) is 28.3 Å². The molecular weight excluding hydrogens is 412 g/mol. The van der Waals surface area contributed by atoms with Gasteiger partial charge in [-0.25, -0.2) is 8.42 Å². The van der Waals surface area contributed by atoms with Crippen LogP contribution in [-0.4, -0.2) is 34.7 Å². The minimum Gasteiger partial charge on any atom is -0.497 e. The van der Waals surface area contributed by atoms with Gasteiger partial charge in [0.15, 0.2) is 0 Å². The zero-order valence-corrected chi connectivity index (χ0v) is 18.8. The number of carbonyl (C=O) groups excluding carboxylic acids is 1. The van der Waals surface area contributed by atoms with E-state index in [2.05, 4.69) is 19.2 Å². The molecule has 0 radical (unpaired) electrons. The van der Waals surface area contributed by atoms with Crippen LogP contribution in [0.3, 0.4) is 0 Å². The average Bonchev–Trinajstić information content (AvgIpc) is 2.65. The lowest BCUT2D eigenvalue weighted by Crippen LogP contribution is -2.30. The second-order valence-electron chi connectivity index (χ2n) is 7.32. The third-order valence-corrected chi connectivity index (χ3v) is 6.11. The highest BCUT2D eigenvalue weighted by atomic mass is 35.5. The minimum absolute atomic E-state index is 0.188. The molecule has 158 valence electrons. The summed E-state index contributed by atoms with van der Waals surface area (Å²) in [5.41, 5.74) is 1.65. The second kappa shape index (κ2) is 9.50. The summed E-state index contributed by atoms with van der Waals surface area (Å²) in [7, 11) is -0.376. The molecular formula is C21H27ClN2O4S. The predicted octanol–water partition coefficient (Wildman–Crippen LogP) is 4.26. The third kappa shape index (κ3) is 6.11. The molecule has 0 aliphatic carbocycles. The zero-order valence-electron chi connectivity index (χ0n) is 17.3. The van der Waals surface area contributed by atoms with Crippen LogP contribution in [0.15, 0.2) is 42.5 Å². The van der Waals surface area contributed by atoms with Gasteiger partial charge in [0, 0.05) is 7.05 Å². The number of carbonyl (C=O) groups is 1. The molecule has 0 aliphatic rings. The first-order chi connectivity index (χ1) is 13.5. The number of sulfonamides is 1. The lowest BCUT2D eigenvalue weighted by molar-refractivity contribution is 0.0932. The zero-order chi connectivity index (χ0) is 21.8. The van der Waals surface area contributed by atoms with Crippen LogP contribution in [0.5, 0.6) is 5.75 Å². The van der Waals surface area contributed by atoms with E-state index in [4.69, 9.17) is 16.3 Å². The molecule has 29 heavy (non-hydrogen) atoms. The Hall–Kier alpha value is -2.25. The van der Waals surface area contributed by atoms with E-state index >= 15 is 0 Å². The van der Waals surface area contributed by atoms with Crippen LogP contribution < -0.4 is 14.4 Å². The fraction of sp³-hybridized carbons (Fsp3) is 0.381. The lowest BCUT2D eigenvalue weighted by Gasteiger charge is -2.22. The van der Waals surface area contributed by atoms with Crippen molar-refractivity contribution in [2.24, 2.45) is 5.92 Å². The molecule has 0 aliphatic heterocycles. The van der Waals surface area contributed by atoms with Crippen LogP contribution in [0.4, 0.5) is 5.69 Å². The number of nitrogens with zero attached hydrogens (tertiary/aromatic N) is 1. The predicted molar refractivity (Wildman–Crippen MR) is 117 cm³/mol. The lowest BCUT2D eigenvalue weighted by atomic mass is 9.96. The standard InChI is InChI=1S/C21H27ClN2O4S/c1-14(2)12-20(15-6-9-17(28-4)10-7-15)23-21(25)18-11-8-16(13-19(18)22)24(3)29(5,26)27/h6-11,13-14,20H,12H2,1-5H3,(H,23,25)/t20-/m0/s1. The van der Waals surface area contributed by atoms with Crippen LogP contribution in [-0.2, 0) is 10.0 Å². The van der Waals surface area contributed by atoms with Crippen LogP contribution in [0.1, 0.15) is 42.2 Å². The number of methoxy groups -OCH3 is 1. The number of benzene rings is 2. The van der Waals surface area contributed by atoms with Crippen LogP contribution >= 0.6 is 11.6 Å². The molecule has 0 heterocycles. The second-order valence-corrected chi connectivity index (χ2v) is 9.74. The smallest absolute Gasteiger partial charge is 0.253 e. The van der Waals surface area contributed by atoms with E-state index in [9.17, 15) is 13.2 Å². The van der Waals surface area contributed by atoms with Crippen molar-refractivity contribution in [2.75, 3.05) is 24.7 Å². The number of ether oxygens (including phenoxy) is 1. The molecule has 1 amide bonds. The van der Waals surface area contributed by atoms with Gasteiger partial charge in [-0.1, -0.05) is 37.6 Å². The molecule has 8 heteroatoms. The molecule has 0 fully saturated rings. The molecule has 0 aromatic heterocycles. The Balaban J connectivity index is 2.26. The van der Waals surface area contributed by atoms with Gasteiger partial charge in [-0.05, 0) is 48.2 Å². The van der Waals surface area contributed by atoms with Crippen molar-refractivity contribution in [3.8, 4) is 5.75 Å². The Labute approximate surface area is 177 Å². The Morgan fingerprint density at radius 2 is 1.79 bits per heavy atom. The summed E-state index contributed by atoms with van der Waals surface area (Å²) >= 11 is 6.29. The van der Waals surface area contributed by atoms with Crippen molar-refractivity contribution in [2.45, 2.75) is 26.3 Å². The van der Waals surface area contributed by atoms with Gasteiger partial charge in [0.25, 0.3) is 5.91 Å². The van der Waals surface area contributed by atoms with E-state index in [-0.39, 0.29) is 17.0 Å². The summed E-state index contributed by atoms with van der Waals surface area (Å²) in [6, 6.07) is 12.0. The van der Waals surface area contributed by atoms with Crippen molar-refractivity contribution >= 4 is 33.2 Å². The molecule has 0 bridgehead atoms. The van der Waals surface area contributed by atoms with E-state index < -0.39 is 10.0 Å². The van der Waals surface area contributed by atoms with Gasteiger partial charge in [0.1, 0.15) is 5.75 Å². The number of hydrogen-bond acceptors (Lipinski definition) is 4. The topological polar surface area (TPSA) is 75.7 Å². The first-order valence-electron chi connectivity index (χ1n) is 9.21. The minimum atomic E-state index is -3.42. The fourth-order valence-electron chi connectivity index (χ4n) is 2.90. The van der Waals surface area contributed by atoms with E-state index in [1.165, 1.54) is 19.2 Å². The SMILES string of the molecule is COc1ccc([C@H](CC(C)C)NC(=O)c2ccc(N(C)S(C)(=O)=O)cc2Cl)cc1. The third-order valence-electron chi connectivity index (χ3n) is 4.59.